The van der Waals surface area contributed by atoms with Crippen molar-refractivity contribution in [2.45, 2.75) is 25.9 Å². The summed E-state index contributed by atoms with van der Waals surface area (Å²) in [5.41, 5.74) is 0. The fourth-order valence-electron chi connectivity index (χ4n) is 2.43. The number of hydrogen-bond acceptors (Lipinski definition) is 4. The lowest BCUT2D eigenvalue weighted by atomic mass is 10.1. The largest absolute Gasteiger partial charge is 0.406 e. The Bertz CT molecular complexity index is 599. The minimum atomic E-state index is -4.45. The third kappa shape index (κ3) is 4.42. The van der Waals surface area contributed by atoms with Crippen LogP contribution >= 0.6 is 0 Å². The average molecular weight is 333 g/mol. The van der Waals surface area contributed by atoms with Crippen LogP contribution in [-0.4, -0.2) is 57.3 Å². The second kappa shape index (κ2) is 6.55. The van der Waals surface area contributed by atoms with Gasteiger partial charge < -0.3 is 14.8 Å². The van der Waals surface area contributed by atoms with E-state index in [0.29, 0.717) is 17.1 Å². The van der Waals surface area contributed by atoms with Gasteiger partial charge in [-0.25, -0.2) is 0 Å². The first-order valence-electron chi connectivity index (χ1n) is 7.14. The SMILES string of the molecule is Cc1nnc(CCNC(=O)C2CC(=O)N(CC(F)(F)F)C2)n1C. The molecule has 1 aromatic heterocycles. The van der Waals surface area contributed by atoms with Gasteiger partial charge in [0, 0.05) is 33.0 Å². The quantitative estimate of drug-likeness (QED) is 0.834. The molecule has 2 heterocycles. The minimum Gasteiger partial charge on any atom is -0.355 e. The molecule has 0 saturated carbocycles. The lowest BCUT2D eigenvalue weighted by Crippen LogP contribution is -2.37. The molecule has 1 unspecified atom stereocenters. The summed E-state index contributed by atoms with van der Waals surface area (Å²) in [4.78, 5) is 24.2. The minimum absolute atomic E-state index is 0.190. The third-order valence-corrected chi connectivity index (χ3v) is 3.79. The van der Waals surface area contributed by atoms with Crippen molar-refractivity contribution in [2.75, 3.05) is 19.6 Å². The van der Waals surface area contributed by atoms with Gasteiger partial charge in [-0.2, -0.15) is 13.2 Å². The summed E-state index contributed by atoms with van der Waals surface area (Å²) in [6, 6.07) is 0. The van der Waals surface area contributed by atoms with Crippen LogP contribution in [0.4, 0.5) is 13.2 Å². The van der Waals surface area contributed by atoms with E-state index in [2.05, 4.69) is 15.5 Å². The second-order valence-electron chi connectivity index (χ2n) is 5.55. The zero-order valence-electron chi connectivity index (χ0n) is 12.9. The number of halogens is 3. The normalized spacial score (nSPS) is 18.6. The molecule has 10 heteroatoms. The number of alkyl halides is 3. The number of rotatable bonds is 5. The molecule has 1 atom stereocenters. The van der Waals surface area contributed by atoms with Gasteiger partial charge in [-0.1, -0.05) is 0 Å². The van der Waals surface area contributed by atoms with Crippen LogP contribution in [0.15, 0.2) is 0 Å². The van der Waals surface area contributed by atoms with Gasteiger partial charge in [0.2, 0.25) is 11.8 Å². The summed E-state index contributed by atoms with van der Waals surface area (Å²) in [6.07, 6.45) is -4.19. The number of aromatic nitrogens is 3. The van der Waals surface area contributed by atoms with Gasteiger partial charge in [0.25, 0.3) is 0 Å². The van der Waals surface area contributed by atoms with Gasteiger partial charge in [-0.05, 0) is 6.92 Å². The summed E-state index contributed by atoms with van der Waals surface area (Å²) in [6.45, 7) is 0.574. The van der Waals surface area contributed by atoms with Crippen LogP contribution < -0.4 is 5.32 Å². The molecule has 0 radical (unpaired) electrons. The smallest absolute Gasteiger partial charge is 0.355 e. The maximum atomic E-state index is 12.3. The molecule has 1 aliphatic heterocycles. The van der Waals surface area contributed by atoms with Crippen LogP contribution in [0, 0.1) is 12.8 Å². The number of carbonyl (C=O) groups excluding carboxylic acids is 2. The van der Waals surface area contributed by atoms with Gasteiger partial charge in [-0.3, -0.25) is 9.59 Å². The Morgan fingerprint density at radius 2 is 2.09 bits per heavy atom. The van der Waals surface area contributed by atoms with Crippen LogP contribution in [0.5, 0.6) is 0 Å². The van der Waals surface area contributed by atoms with Crippen LogP contribution in [0.25, 0.3) is 0 Å². The van der Waals surface area contributed by atoms with Gasteiger partial charge in [0.05, 0.1) is 5.92 Å². The molecule has 23 heavy (non-hydrogen) atoms. The number of nitrogens with one attached hydrogen (secondary N) is 1. The molecule has 7 nitrogen and oxygen atoms in total. The van der Waals surface area contributed by atoms with Crippen LogP contribution in [0.3, 0.4) is 0 Å². The lowest BCUT2D eigenvalue weighted by Gasteiger charge is -2.18. The predicted molar refractivity (Wildman–Crippen MR) is 73.2 cm³/mol. The van der Waals surface area contributed by atoms with Crippen molar-refractivity contribution in [3.63, 3.8) is 0 Å². The number of nitrogens with zero attached hydrogens (tertiary/aromatic N) is 4. The van der Waals surface area contributed by atoms with E-state index in [9.17, 15) is 22.8 Å². The average Bonchev–Trinajstić information content (AvgIpc) is 2.94. The summed E-state index contributed by atoms with van der Waals surface area (Å²) in [7, 11) is 1.80. The lowest BCUT2D eigenvalue weighted by molar-refractivity contribution is -0.157. The summed E-state index contributed by atoms with van der Waals surface area (Å²) in [5.74, 6) is -0.362. The van der Waals surface area contributed by atoms with E-state index in [0.717, 1.165) is 5.82 Å². The van der Waals surface area contributed by atoms with Crippen molar-refractivity contribution in [3.8, 4) is 0 Å². The molecule has 0 bridgehead atoms. The summed E-state index contributed by atoms with van der Waals surface area (Å²) >= 11 is 0. The predicted octanol–water partition coefficient (Wildman–Crippen LogP) is 0.193. The van der Waals surface area contributed by atoms with Crippen molar-refractivity contribution < 1.29 is 22.8 Å². The van der Waals surface area contributed by atoms with Gasteiger partial charge in [0.1, 0.15) is 18.2 Å². The number of likely N-dealkylation sites (tertiary alicyclic amines) is 1. The zero-order chi connectivity index (χ0) is 17.2. The van der Waals surface area contributed by atoms with Gasteiger partial charge in [0.15, 0.2) is 0 Å². The fraction of sp³-hybridized carbons (Fsp3) is 0.692. The molecule has 2 amide bonds. The molecular weight excluding hydrogens is 315 g/mol. The Morgan fingerprint density at radius 1 is 1.39 bits per heavy atom. The molecule has 1 aromatic rings. The number of carbonyl (C=O) groups is 2. The van der Waals surface area contributed by atoms with Crippen molar-refractivity contribution >= 4 is 11.8 Å². The molecule has 0 aliphatic carbocycles. The van der Waals surface area contributed by atoms with Crippen LogP contribution in [0.1, 0.15) is 18.1 Å². The number of amides is 2. The van der Waals surface area contributed by atoms with Crippen LogP contribution in [-0.2, 0) is 23.1 Å². The first kappa shape index (κ1) is 17.2. The third-order valence-electron chi connectivity index (χ3n) is 3.79. The Kier molecular flexibility index (Phi) is 4.90. The highest BCUT2D eigenvalue weighted by molar-refractivity contribution is 5.89. The van der Waals surface area contributed by atoms with E-state index < -0.39 is 30.5 Å². The zero-order valence-corrected chi connectivity index (χ0v) is 12.9. The molecular formula is C13H18F3N5O2. The number of aryl methyl sites for hydroxylation is 1. The van der Waals surface area contributed by atoms with E-state index >= 15 is 0 Å². The number of hydrogen-bond donors (Lipinski definition) is 1. The Labute approximate surface area is 130 Å². The van der Waals surface area contributed by atoms with Crippen molar-refractivity contribution in [2.24, 2.45) is 13.0 Å². The molecule has 1 N–H and O–H groups in total. The molecule has 1 fully saturated rings. The molecule has 128 valence electrons. The summed E-state index contributed by atoms with van der Waals surface area (Å²) in [5, 5.41) is 10.5. The Hall–Kier alpha value is -2.13. The molecule has 1 aliphatic rings. The first-order valence-corrected chi connectivity index (χ1v) is 7.14. The maximum Gasteiger partial charge on any atom is 0.406 e. The highest BCUT2D eigenvalue weighted by atomic mass is 19.4. The highest BCUT2D eigenvalue weighted by Crippen LogP contribution is 2.23. The molecule has 0 aromatic carbocycles. The Morgan fingerprint density at radius 3 is 2.65 bits per heavy atom. The second-order valence-corrected chi connectivity index (χ2v) is 5.55. The van der Waals surface area contributed by atoms with E-state index in [1.807, 2.05) is 0 Å². The van der Waals surface area contributed by atoms with Crippen molar-refractivity contribution in [1.82, 2.24) is 25.0 Å². The van der Waals surface area contributed by atoms with Gasteiger partial charge in [-0.15, -0.1) is 10.2 Å². The first-order chi connectivity index (χ1) is 10.7. The fourth-order valence-corrected chi connectivity index (χ4v) is 2.43. The van der Waals surface area contributed by atoms with E-state index in [4.69, 9.17) is 0 Å². The van der Waals surface area contributed by atoms with E-state index in [1.165, 1.54) is 0 Å². The molecule has 1 saturated heterocycles. The van der Waals surface area contributed by atoms with E-state index in [1.54, 1.807) is 18.5 Å². The van der Waals surface area contributed by atoms with Crippen molar-refractivity contribution in [1.29, 1.82) is 0 Å². The van der Waals surface area contributed by atoms with E-state index in [-0.39, 0.29) is 19.5 Å². The Balaban J connectivity index is 1.80. The van der Waals surface area contributed by atoms with Gasteiger partial charge >= 0.3 is 6.18 Å². The maximum absolute atomic E-state index is 12.3. The molecule has 0 spiro atoms. The van der Waals surface area contributed by atoms with Crippen LogP contribution in [0.2, 0.25) is 0 Å². The summed E-state index contributed by atoms with van der Waals surface area (Å²) < 4.78 is 38.8. The molecule has 2 rings (SSSR count). The van der Waals surface area contributed by atoms with Crippen molar-refractivity contribution in [3.05, 3.63) is 11.6 Å². The monoisotopic (exact) mass is 333 g/mol. The standard InChI is InChI=1S/C13H18F3N5O2/c1-8-18-19-10(20(8)2)3-4-17-12(23)9-5-11(22)21(6-9)7-13(14,15)16/h9H,3-7H2,1-2H3,(H,17,23). The highest BCUT2D eigenvalue weighted by Gasteiger charge is 2.40. The topological polar surface area (TPSA) is 80.1 Å².